The minimum absolute atomic E-state index is 0.0339. The first kappa shape index (κ1) is 30.3. The average molecular weight is 655 g/mol. The number of aliphatic hydroxyl groups is 2. The molecular formula is C33H34O14. The Morgan fingerprint density at radius 1 is 0.851 bits per heavy atom. The highest BCUT2D eigenvalue weighted by atomic mass is 16.8. The van der Waals surface area contributed by atoms with Crippen LogP contribution in [0.2, 0.25) is 0 Å². The molecule has 14 nitrogen and oxygen atoms in total. The van der Waals surface area contributed by atoms with Crippen LogP contribution in [0.25, 0.3) is 0 Å². The summed E-state index contributed by atoms with van der Waals surface area (Å²) in [6, 6.07) is 10.7. The molecule has 8 rings (SSSR count). The van der Waals surface area contributed by atoms with Gasteiger partial charge in [-0.05, 0) is 53.1 Å². The van der Waals surface area contributed by atoms with Crippen molar-refractivity contribution in [2.24, 2.45) is 11.8 Å². The van der Waals surface area contributed by atoms with Crippen molar-refractivity contribution < 1.29 is 66.8 Å². The summed E-state index contributed by atoms with van der Waals surface area (Å²) in [5.41, 5.74) is 2.14. The predicted molar refractivity (Wildman–Crippen MR) is 155 cm³/mol. The van der Waals surface area contributed by atoms with Gasteiger partial charge in [-0.2, -0.15) is 0 Å². The molecule has 47 heavy (non-hydrogen) atoms. The van der Waals surface area contributed by atoms with Gasteiger partial charge < -0.3 is 62.0 Å². The molecule has 0 unspecified atom stereocenters. The van der Waals surface area contributed by atoms with E-state index in [-0.39, 0.29) is 20.0 Å². The van der Waals surface area contributed by atoms with Gasteiger partial charge in [0.15, 0.2) is 35.0 Å². The molecule has 2 N–H and O–H groups in total. The second-order valence-electron chi connectivity index (χ2n) is 12.0. The number of methoxy groups -OCH3 is 3. The van der Waals surface area contributed by atoms with Gasteiger partial charge in [-0.1, -0.05) is 0 Å². The molecule has 0 amide bonds. The molecule has 10 atom stereocenters. The molecule has 14 heteroatoms. The largest absolute Gasteiger partial charge is 0.493 e. The number of hydrogen-bond donors (Lipinski definition) is 2. The van der Waals surface area contributed by atoms with Crippen molar-refractivity contribution in [2.75, 3.05) is 41.3 Å². The summed E-state index contributed by atoms with van der Waals surface area (Å²) in [5.74, 6) is 0.577. The summed E-state index contributed by atoms with van der Waals surface area (Å²) in [7, 11) is 4.57. The van der Waals surface area contributed by atoms with Crippen LogP contribution >= 0.6 is 0 Å². The first-order valence-electron chi connectivity index (χ1n) is 15.3. The SMILES string of the molecule is COc1cc([C@@H]2c3cc4c(cc3[C@@H](O[C@@H]3O[C@@H]5CO[C@@H](c6ccco6)O[C@H]5[C@H](O)[C@H]3O)[C@H]3COC(=O)[C@H]23)OCO4)cc(OC)c1OC. The monoisotopic (exact) mass is 654 g/mol. The van der Waals surface area contributed by atoms with Crippen LogP contribution in [0.3, 0.4) is 0 Å². The Kier molecular flexibility index (Phi) is 7.66. The lowest BCUT2D eigenvalue weighted by atomic mass is 9.66. The summed E-state index contributed by atoms with van der Waals surface area (Å²) in [4.78, 5) is 13.6. The van der Waals surface area contributed by atoms with Crippen molar-refractivity contribution in [1.82, 2.24) is 0 Å². The third-order valence-electron chi connectivity index (χ3n) is 9.55. The Morgan fingerprint density at radius 2 is 1.60 bits per heavy atom. The van der Waals surface area contributed by atoms with Crippen LogP contribution in [0.5, 0.6) is 28.7 Å². The molecule has 0 spiro atoms. The van der Waals surface area contributed by atoms with Gasteiger partial charge in [0.2, 0.25) is 18.8 Å². The van der Waals surface area contributed by atoms with Crippen LogP contribution in [0.1, 0.15) is 40.8 Å². The normalized spacial score (nSPS) is 33.8. The minimum atomic E-state index is -1.49. The number of hydrogen-bond acceptors (Lipinski definition) is 14. The smallest absolute Gasteiger partial charge is 0.310 e. The van der Waals surface area contributed by atoms with E-state index in [2.05, 4.69) is 0 Å². The summed E-state index contributed by atoms with van der Waals surface area (Å²) in [5, 5.41) is 22.5. The summed E-state index contributed by atoms with van der Waals surface area (Å²) in [6.45, 7) is 0.139. The molecule has 250 valence electrons. The van der Waals surface area contributed by atoms with E-state index in [0.29, 0.717) is 40.1 Å². The Hall–Kier alpha value is -4.05. The van der Waals surface area contributed by atoms with E-state index < -0.39 is 66.8 Å². The van der Waals surface area contributed by atoms with Crippen molar-refractivity contribution in [1.29, 1.82) is 0 Å². The Labute approximate surface area is 268 Å². The quantitative estimate of drug-likeness (QED) is 0.358. The fourth-order valence-electron chi connectivity index (χ4n) is 7.37. The van der Waals surface area contributed by atoms with Gasteiger partial charge in [-0.3, -0.25) is 4.79 Å². The van der Waals surface area contributed by atoms with E-state index in [1.807, 2.05) is 24.3 Å². The minimum Gasteiger partial charge on any atom is -0.493 e. The number of fused-ring (bicyclic) bond motifs is 4. The summed E-state index contributed by atoms with van der Waals surface area (Å²) < 4.78 is 63.8. The van der Waals surface area contributed by atoms with Gasteiger partial charge in [0.25, 0.3) is 0 Å². The predicted octanol–water partition coefficient (Wildman–Crippen LogP) is 2.59. The van der Waals surface area contributed by atoms with E-state index in [9.17, 15) is 15.0 Å². The maximum atomic E-state index is 13.6. The number of aliphatic hydroxyl groups excluding tert-OH is 2. The maximum Gasteiger partial charge on any atom is 0.310 e. The van der Waals surface area contributed by atoms with Gasteiger partial charge in [0.1, 0.15) is 24.4 Å². The van der Waals surface area contributed by atoms with E-state index in [1.165, 1.54) is 27.6 Å². The second-order valence-corrected chi connectivity index (χ2v) is 12.0. The Morgan fingerprint density at radius 3 is 2.28 bits per heavy atom. The van der Waals surface area contributed by atoms with Crippen LogP contribution in [0, 0.1) is 11.8 Å². The molecule has 3 aromatic rings. The molecule has 5 heterocycles. The highest BCUT2D eigenvalue weighted by molar-refractivity contribution is 5.79. The van der Waals surface area contributed by atoms with E-state index in [4.69, 9.17) is 51.8 Å². The highest BCUT2D eigenvalue weighted by Gasteiger charge is 2.56. The zero-order valence-electron chi connectivity index (χ0n) is 25.7. The van der Waals surface area contributed by atoms with Crippen molar-refractivity contribution in [2.45, 2.75) is 49.0 Å². The third-order valence-corrected chi connectivity index (χ3v) is 9.55. The lowest BCUT2D eigenvalue weighted by molar-refractivity contribution is -0.371. The molecule has 2 aromatic carbocycles. The van der Waals surface area contributed by atoms with E-state index >= 15 is 0 Å². The number of cyclic esters (lactones) is 1. The third kappa shape index (κ3) is 4.90. The number of esters is 1. The molecule has 0 radical (unpaired) electrons. The fraction of sp³-hybridized carbons (Fsp3) is 0.485. The standard InChI is InChI=1S/C33H34O14/c1-37-21-7-14(8-22(38-2)29(21)39-3)24-15-9-19-20(44-13-43-19)10-16(15)28(17-11-41-31(36)25(17)24)46-33-27(35)26(34)30-23(45-33)12-42-32(47-30)18-5-4-6-40-18/h4-10,17,23-28,30,32-35H,11-13H2,1-3H3/t17-,23+,24+,25-,26+,27+,28+,30+,32+,33-/m0/s1. The maximum absolute atomic E-state index is 13.6. The lowest BCUT2D eigenvalue weighted by Crippen LogP contribution is -2.62. The van der Waals surface area contributed by atoms with Crippen LogP contribution in [-0.4, -0.2) is 88.2 Å². The van der Waals surface area contributed by atoms with Crippen molar-refractivity contribution in [3.05, 3.63) is 65.1 Å². The van der Waals surface area contributed by atoms with Crippen molar-refractivity contribution in [3.63, 3.8) is 0 Å². The lowest BCUT2D eigenvalue weighted by Gasteiger charge is -2.47. The number of rotatable bonds is 7. The molecule has 3 fully saturated rings. The average Bonchev–Trinajstić information content (AvgIpc) is 3.87. The number of benzene rings is 2. The van der Waals surface area contributed by atoms with Crippen LogP contribution in [-0.2, 0) is 28.5 Å². The molecule has 1 aliphatic carbocycles. The summed E-state index contributed by atoms with van der Waals surface area (Å²) in [6.07, 6.45) is -6.00. The van der Waals surface area contributed by atoms with Gasteiger partial charge in [0, 0.05) is 11.8 Å². The Bertz CT molecular complexity index is 1610. The van der Waals surface area contributed by atoms with Crippen LogP contribution < -0.4 is 23.7 Å². The molecule has 4 aliphatic heterocycles. The zero-order chi connectivity index (χ0) is 32.4. The zero-order valence-corrected chi connectivity index (χ0v) is 25.7. The molecule has 0 bridgehead atoms. The molecule has 5 aliphatic rings. The van der Waals surface area contributed by atoms with Gasteiger partial charge in [-0.25, -0.2) is 0 Å². The number of furan rings is 1. The first-order valence-corrected chi connectivity index (χ1v) is 15.3. The highest BCUT2D eigenvalue weighted by Crippen LogP contribution is 2.57. The summed E-state index contributed by atoms with van der Waals surface area (Å²) >= 11 is 0. The molecule has 0 saturated carbocycles. The fourth-order valence-corrected chi connectivity index (χ4v) is 7.37. The first-order chi connectivity index (χ1) is 22.9. The van der Waals surface area contributed by atoms with Gasteiger partial charge in [-0.15, -0.1) is 0 Å². The Balaban J connectivity index is 1.16. The van der Waals surface area contributed by atoms with Gasteiger partial charge >= 0.3 is 5.97 Å². The molecular weight excluding hydrogens is 620 g/mol. The number of ether oxygens (including phenoxy) is 10. The van der Waals surface area contributed by atoms with Crippen molar-refractivity contribution >= 4 is 5.97 Å². The topological polar surface area (TPSA) is 163 Å². The molecule has 1 aromatic heterocycles. The van der Waals surface area contributed by atoms with Crippen LogP contribution in [0.15, 0.2) is 47.1 Å². The van der Waals surface area contributed by atoms with Crippen LogP contribution in [0.4, 0.5) is 0 Å². The number of carbonyl (C=O) groups excluding carboxylic acids is 1. The second kappa shape index (κ2) is 11.9. The van der Waals surface area contributed by atoms with E-state index in [1.54, 1.807) is 12.1 Å². The van der Waals surface area contributed by atoms with E-state index in [0.717, 1.165) is 11.1 Å². The molecule has 3 saturated heterocycles. The van der Waals surface area contributed by atoms with Gasteiger partial charge in [0.05, 0.1) is 52.8 Å². The number of carbonyl (C=O) groups is 1. The van der Waals surface area contributed by atoms with Crippen molar-refractivity contribution in [3.8, 4) is 28.7 Å².